The van der Waals surface area contributed by atoms with E-state index in [1.165, 1.54) is 0 Å². The van der Waals surface area contributed by atoms with Crippen LogP contribution in [-0.4, -0.2) is 39.4 Å². The molecule has 6 nitrogen and oxygen atoms in total. The number of ether oxygens (including phenoxy) is 1. The number of piperidine rings is 1. The van der Waals surface area contributed by atoms with Crippen LogP contribution in [0.4, 0.5) is 4.79 Å². The van der Waals surface area contributed by atoms with E-state index in [9.17, 15) is 14.7 Å². The summed E-state index contributed by atoms with van der Waals surface area (Å²) >= 11 is 12.5. The van der Waals surface area contributed by atoms with Gasteiger partial charge in [0.25, 0.3) is 5.56 Å². The molecular weight excluding hydrogens is 367 g/mol. The first kappa shape index (κ1) is 18.5. The number of nitrogens with zero attached hydrogens (tertiary/aromatic N) is 2. The number of rotatable bonds is 1. The average Bonchev–Trinajstić information content (AvgIpc) is 2.50. The van der Waals surface area contributed by atoms with E-state index in [2.05, 4.69) is 0 Å². The van der Waals surface area contributed by atoms with Crippen molar-refractivity contribution in [3.63, 3.8) is 0 Å². The number of carbonyl (C=O) groups excluding carboxylic acids is 1. The molecule has 2 atom stereocenters. The van der Waals surface area contributed by atoms with E-state index in [1.807, 2.05) is 20.8 Å². The number of aromatic nitrogens is 1. The average molecular weight is 389 g/mol. The fraction of sp³-hybridized carbons (Fsp3) is 0.647. The van der Waals surface area contributed by atoms with Gasteiger partial charge in [-0.15, -0.1) is 0 Å². The zero-order valence-corrected chi connectivity index (χ0v) is 16.0. The van der Waals surface area contributed by atoms with E-state index in [4.69, 9.17) is 27.9 Å². The van der Waals surface area contributed by atoms with Gasteiger partial charge < -0.3 is 19.3 Å². The van der Waals surface area contributed by atoms with Crippen LogP contribution in [0.1, 0.15) is 44.4 Å². The first-order valence-electron chi connectivity index (χ1n) is 8.31. The molecule has 3 rings (SSSR count). The summed E-state index contributed by atoms with van der Waals surface area (Å²) < 4.78 is 7.08. The van der Waals surface area contributed by atoms with Crippen LogP contribution >= 0.6 is 23.2 Å². The van der Waals surface area contributed by atoms with Crippen LogP contribution in [0.2, 0.25) is 10.0 Å². The van der Waals surface area contributed by atoms with Gasteiger partial charge in [-0.2, -0.15) is 0 Å². The van der Waals surface area contributed by atoms with Gasteiger partial charge in [0.05, 0.1) is 11.6 Å². The van der Waals surface area contributed by atoms with Crippen LogP contribution in [0.5, 0.6) is 0 Å². The summed E-state index contributed by atoms with van der Waals surface area (Å²) in [5.41, 5.74) is 0.0239. The third-order valence-corrected chi connectivity index (χ3v) is 5.46. The highest BCUT2D eigenvalue weighted by Gasteiger charge is 2.40. The molecular formula is C17H22Cl2N2O4. The molecule has 0 radical (unpaired) electrons. The SMILES string of the molecule is CC(C)(C)OC(=O)N1CC2CC(C1)c1c(Cl)c(CO)c(Cl)c(=O)n1C2. The number of likely N-dealkylation sites (tertiary alicyclic amines) is 1. The molecule has 3 heterocycles. The molecule has 138 valence electrons. The summed E-state index contributed by atoms with van der Waals surface area (Å²) in [6, 6.07) is 0. The zero-order chi connectivity index (χ0) is 18.5. The molecule has 25 heavy (non-hydrogen) atoms. The van der Waals surface area contributed by atoms with Crippen LogP contribution in [0.3, 0.4) is 0 Å². The lowest BCUT2D eigenvalue weighted by Gasteiger charge is -2.43. The van der Waals surface area contributed by atoms with E-state index in [0.29, 0.717) is 30.4 Å². The van der Waals surface area contributed by atoms with Gasteiger partial charge in [-0.25, -0.2) is 4.79 Å². The number of halogens is 2. The van der Waals surface area contributed by atoms with Crippen molar-refractivity contribution in [1.29, 1.82) is 0 Å². The van der Waals surface area contributed by atoms with E-state index < -0.39 is 12.2 Å². The molecule has 2 bridgehead atoms. The number of aliphatic hydroxyl groups is 1. The fourth-order valence-electron chi connectivity index (χ4n) is 3.71. The topological polar surface area (TPSA) is 71.8 Å². The second kappa shape index (κ2) is 6.49. The Hall–Kier alpha value is -1.24. The number of hydrogen-bond acceptors (Lipinski definition) is 4. The van der Waals surface area contributed by atoms with Crippen molar-refractivity contribution in [3.8, 4) is 0 Å². The molecule has 2 aliphatic heterocycles. The summed E-state index contributed by atoms with van der Waals surface area (Å²) in [6.07, 6.45) is 0.482. The van der Waals surface area contributed by atoms with Crippen LogP contribution in [0, 0.1) is 5.92 Å². The zero-order valence-electron chi connectivity index (χ0n) is 14.5. The lowest BCUT2D eigenvalue weighted by Crippen LogP contribution is -2.50. The number of aliphatic hydroxyl groups excluding tert-OH is 1. The minimum atomic E-state index is -0.562. The number of carbonyl (C=O) groups is 1. The van der Waals surface area contributed by atoms with Crippen molar-refractivity contribution in [3.05, 3.63) is 31.7 Å². The lowest BCUT2D eigenvalue weighted by atomic mass is 9.83. The molecule has 0 aromatic carbocycles. The third-order valence-electron chi connectivity index (χ3n) is 4.65. The standard InChI is InChI=1S/C17H22Cl2N2O4/c1-17(2,3)25-16(24)20-5-9-4-10(7-20)14-12(18)11(8-22)13(19)15(23)21(14)6-9/h9-10,22H,4-8H2,1-3H3. The van der Waals surface area contributed by atoms with Gasteiger partial charge in [0.15, 0.2) is 0 Å². The molecule has 0 aliphatic carbocycles. The monoisotopic (exact) mass is 388 g/mol. The van der Waals surface area contributed by atoms with Crippen molar-refractivity contribution in [1.82, 2.24) is 9.47 Å². The van der Waals surface area contributed by atoms with Gasteiger partial charge in [-0.05, 0) is 33.1 Å². The molecule has 0 saturated carbocycles. The Bertz CT molecular complexity index is 769. The van der Waals surface area contributed by atoms with Gasteiger partial charge in [0, 0.05) is 36.8 Å². The molecule has 2 aliphatic rings. The smallest absolute Gasteiger partial charge is 0.410 e. The third kappa shape index (κ3) is 3.39. The number of pyridine rings is 1. The maximum absolute atomic E-state index is 12.5. The van der Waals surface area contributed by atoms with Gasteiger partial charge in [-0.1, -0.05) is 23.2 Å². The summed E-state index contributed by atoms with van der Waals surface area (Å²) in [5, 5.41) is 9.81. The number of amides is 1. The second-order valence-electron chi connectivity index (χ2n) is 7.75. The maximum Gasteiger partial charge on any atom is 0.410 e. The van der Waals surface area contributed by atoms with E-state index in [0.717, 1.165) is 6.42 Å². The minimum absolute atomic E-state index is 0.0276. The molecule has 1 saturated heterocycles. The molecule has 1 aromatic rings. The molecule has 1 fully saturated rings. The quantitative estimate of drug-likeness (QED) is 0.802. The van der Waals surface area contributed by atoms with Crippen LogP contribution < -0.4 is 5.56 Å². The molecule has 0 spiro atoms. The number of fused-ring (bicyclic) bond motifs is 4. The van der Waals surface area contributed by atoms with Gasteiger partial charge >= 0.3 is 6.09 Å². The number of hydrogen-bond donors (Lipinski definition) is 1. The van der Waals surface area contributed by atoms with E-state index in [-0.39, 0.29) is 34.1 Å². The second-order valence-corrected chi connectivity index (χ2v) is 8.51. The fourth-order valence-corrected chi connectivity index (χ4v) is 4.43. The first-order valence-corrected chi connectivity index (χ1v) is 9.07. The predicted molar refractivity (Wildman–Crippen MR) is 95.3 cm³/mol. The Morgan fingerprint density at radius 3 is 2.52 bits per heavy atom. The van der Waals surface area contributed by atoms with Crippen molar-refractivity contribution in [2.75, 3.05) is 13.1 Å². The van der Waals surface area contributed by atoms with Crippen molar-refractivity contribution in [2.24, 2.45) is 5.92 Å². The highest BCUT2D eigenvalue weighted by Crippen LogP contribution is 2.41. The van der Waals surface area contributed by atoms with Gasteiger partial charge in [-0.3, -0.25) is 4.79 Å². The summed E-state index contributed by atoms with van der Waals surface area (Å²) in [5.74, 6) is 0.0614. The highest BCUT2D eigenvalue weighted by molar-refractivity contribution is 6.36. The van der Waals surface area contributed by atoms with Crippen LogP contribution in [-0.2, 0) is 17.9 Å². The molecule has 1 amide bonds. The van der Waals surface area contributed by atoms with E-state index >= 15 is 0 Å². The lowest BCUT2D eigenvalue weighted by molar-refractivity contribution is 0.0102. The summed E-state index contributed by atoms with van der Waals surface area (Å²) in [7, 11) is 0. The molecule has 2 unspecified atom stereocenters. The molecule has 1 aromatic heterocycles. The Labute approximate surface area is 156 Å². The van der Waals surface area contributed by atoms with Crippen molar-refractivity contribution < 1.29 is 14.6 Å². The molecule has 1 N–H and O–H groups in total. The summed E-state index contributed by atoms with van der Waals surface area (Å²) in [4.78, 5) is 26.6. The largest absolute Gasteiger partial charge is 0.444 e. The van der Waals surface area contributed by atoms with Crippen molar-refractivity contribution in [2.45, 2.75) is 51.9 Å². The minimum Gasteiger partial charge on any atom is -0.444 e. The summed E-state index contributed by atoms with van der Waals surface area (Å²) in [6.45, 7) is 6.51. The Balaban J connectivity index is 1.97. The Kier molecular flexibility index (Phi) is 4.81. The maximum atomic E-state index is 12.5. The Morgan fingerprint density at radius 2 is 1.92 bits per heavy atom. The Morgan fingerprint density at radius 1 is 1.24 bits per heavy atom. The van der Waals surface area contributed by atoms with Crippen molar-refractivity contribution >= 4 is 29.3 Å². The predicted octanol–water partition coefficient (Wildman–Crippen LogP) is 3.00. The van der Waals surface area contributed by atoms with Gasteiger partial charge in [0.2, 0.25) is 0 Å². The van der Waals surface area contributed by atoms with Crippen LogP contribution in [0.15, 0.2) is 4.79 Å². The normalized spacial score (nSPS) is 22.6. The highest BCUT2D eigenvalue weighted by atomic mass is 35.5. The van der Waals surface area contributed by atoms with Crippen LogP contribution in [0.25, 0.3) is 0 Å². The first-order chi connectivity index (χ1) is 11.6. The van der Waals surface area contributed by atoms with Gasteiger partial charge in [0.1, 0.15) is 10.6 Å². The molecule has 8 heteroatoms. The van der Waals surface area contributed by atoms with E-state index in [1.54, 1.807) is 9.47 Å².